The van der Waals surface area contributed by atoms with E-state index in [9.17, 15) is 9.59 Å². The van der Waals surface area contributed by atoms with Crippen LogP contribution in [0.4, 0.5) is 4.79 Å². The van der Waals surface area contributed by atoms with Gasteiger partial charge in [-0.15, -0.1) is 0 Å². The number of methoxy groups -OCH3 is 1. The van der Waals surface area contributed by atoms with Crippen LogP contribution in [0.3, 0.4) is 0 Å². The molecule has 13 heavy (non-hydrogen) atoms. The van der Waals surface area contributed by atoms with E-state index >= 15 is 0 Å². The van der Waals surface area contributed by atoms with Crippen molar-refractivity contribution in [3.63, 3.8) is 0 Å². The molecule has 5 heteroatoms. The minimum atomic E-state index is -0.991. The Balaban J connectivity index is 2.46. The summed E-state index contributed by atoms with van der Waals surface area (Å²) < 4.78 is 4.34. The van der Waals surface area contributed by atoms with Crippen LogP contribution in [0.25, 0.3) is 0 Å². The first-order valence-corrected chi connectivity index (χ1v) is 4.22. The van der Waals surface area contributed by atoms with Crippen LogP contribution in [0.5, 0.6) is 0 Å². The lowest BCUT2D eigenvalue weighted by molar-refractivity contribution is -0.141. The number of hydrogen-bond acceptors (Lipinski definition) is 3. The molecule has 1 rings (SSSR count). The molecular weight excluding hydrogens is 174 g/mol. The van der Waals surface area contributed by atoms with Gasteiger partial charge >= 0.3 is 12.1 Å². The summed E-state index contributed by atoms with van der Waals surface area (Å²) in [7, 11) is 1.22. The molecule has 2 N–H and O–H groups in total. The van der Waals surface area contributed by atoms with E-state index in [1.165, 1.54) is 7.11 Å². The van der Waals surface area contributed by atoms with Crippen molar-refractivity contribution in [3.05, 3.63) is 0 Å². The van der Waals surface area contributed by atoms with E-state index in [-0.39, 0.29) is 5.92 Å². The molecule has 1 amide bonds. The molecule has 1 fully saturated rings. The smallest absolute Gasteiger partial charge is 0.407 e. The predicted molar refractivity (Wildman–Crippen MR) is 44.3 cm³/mol. The maximum absolute atomic E-state index is 10.8. The quantitative estimate of drug-likeness (QED) is 0.678. The Hall–Kier alpha value is -1.26. The molecule has 0 saturated heterocycles. The lowest BCUT2D eigenvalue weighted by Gasteiger charge is -2.30. The number of aliphatic carboxylic acids is 1. The van der Waals surface area contributed by atoms with Gasteiger partial charge in [-0.2, -0.15) is 0 Å². The first-order valence-electron chi connectivity index (χ1n) is 4.22. The number of carbonyl (C=O) groups is 2. The highest BCUT2D eigenvalue weighted by Crippen LogP contribution is 2.29. The summed E-state index contributed by atoms with van der Waals surface area (Å²) in [5.74, 6) is -0.924. The fraction of sp³-hybridized carbons (Fsp3) is 0.750. The maximum atomic E-state index is 10.8. The minimum absolute atomic E-state index is 0.0663. The molecule has 1 saturated carbocycles. The van der Waals surface area contributed by atoms with Crippen LogP contribution in [-0.2, 0) is 9.53 Å². The van der Waals surface area contributed by atoms with E-state index in [0.717, 1.165) is 19.3 Å². The van der Waals surface area contributed by atoms with Gasteiger partial charge < -0.3 is 15.2 Å². The number of carboxylic acid groups (broad SMARTS) is 1. The number of hydrogen-bond donors (Lipinski definition) is 2. The molecule has 0 heterocycles. The number of alkyl carbamates (subject to hydrolysis) is 1. The van der Waals surface area contributed by atoms with Crippen LogP contribution in [0.15, 0.2) is 0 Å². The molecule has 0 aliphatic heterocycles. The zero-order valence-electron chi connectivity index (χ0n) is 7.45. The molecule has 0 spiro atoms. The van der Waals surface area contributed by atoms with Crippen LogP contribution in [0.1, 0.15) is 19.3 Å². The number of rotatable bonds is 3. The van der Waals surface area contributed by atoms with Gasteiger partial charge in [0.05, 0.1) is 7.11 Å². The second kappa shape index (κ2) is 4.11. The summed E-state index contributed by atoms with van der Waals surface area (Å²) in [5, 5.41) is 11.1. The largest absolute Gasteiger partial charge is 0.480 e. The van der Waals surface area contributed by atoms with Crippen LogP contribution >= 0.6 is 0 Å². The van der Waals surface area contributed by atoms with Gasteiger partial charge in [0, 0.05) is 0 Å². The summed E-state index contributed by atoms with van der Waals surface area (Å²) in [5.41, 5.74) is 0. The predicted octanol–water partition coefficient (Wildman–Crippen LogP) is 0.596. The number of amides is 1. The van der Waals surface area contributed by atoms with Crippen molar-refractivity contribution in [2.24, 2.45) is 5.92 Å². The average Bonchev–Trinajstić information content (AvgIpc) is 1.99. The van der Waals surface area contributed by atoms with E-state index in [4.69, 9.17) is 5.11 Å². The Bertz CT molecular complexity index is 212. The highest BCUT2D eigenvalue weighted by atomic mass is 16.5. The van der Waals surface area contributed by atoms with Crippen LogP contribution in [0, 0.1) is 5.92 Å². The topological polar surface area (TPSA) is 75.6 Å². The van der Waals surface area contributed by atoms with Crippen molar-refractivity contribution in [2.45, 2.75) is 25.3 Å². The van der Waals surface area contributed by atoms with Crippen LogP contribution < -0.4 is 5.32 Å². The fourth-order valence-electron chi connectivity index (χ4n) is 1.34. The van der Waals surface area contributed by atoms with E-state index in [2.05, 4.69) is 10.1 Å². The molecule has 74 valence electrons. The first kappa shape index (κ1) is 9.83. The summed E-state index contributed by atoms with van der Waals surface area (Å²) >= 11 is 0. The van der Waals surface area contributed by atoms with Gasteiger partial charge in [0.15, 0.2) is 0 Å². The van der Waals surface area contributed by atoms with Crippen molar-refractivity contribution < 1.29 is 19.4 Å². The highest BCUT2D eigenvalue weighted by molar-refractivity contribution is 5.80. The van der Waals surface area contributed by atoms with Crippen molar-refractivity contribution in [3.8, 4) is 0 Å². The Morgan fingerprint density at radius 1 is 1.54 bits per heavy atom. The third-order valence-electron chi connectivity index (χ3n) is 2.35. The van der Waals surface area contributed by atoms with Gasteiger partial charge in [0.2, 0.25) is 0 Å². The van der Waals surface area contributed by atoms with Crippen molar-refractivity contribution in [1.82, 2.24) is 5.32 Å². The number of carboxylic acids is 1. The molecule has 1 atom stereocenters. The molecule has 0 radical (unpaired) electrons. The number of ether oxygens (including phenoxy) is 1. The Morgan fingerprint density at radius 2 is 2.15 bits per heavy atom. The van der Waals surface area contributed by atoms with E-state index < -0.39 is 18.1 Å². The van der Waals surface area contributed by atoms with Crippen molar-refractivity contribution >= 4 is 12.1 Å². The number of carbonyl (C=O) groups excluding carboxylic acids is 1. The van der Waals surface area contributed by atoms with Gasteiger partial charge in [-0.25, -0.2) is 9.59 Å². The third kappa shape index (κ3) is 2.34. The Labute approximate surface area is 76.1 Å². The standard InChI is InChI=1S/C8H13NO4/c1-13-8(12)9-6(7(10)11)5-3-2-4-5/h5-6H,2-4H2,1H3,(H,9,12)(H,10,11)/t6-/m0/s1. The lowest BCUT2D eigenvalue weighted by atomic mass is 9.80. The van der Waals surface area contributed by atoms with Gasteiger partial charge in [-0.1, -0.05) is 6.42 Å². The number of nitrogens with one attached hydrogen (secondary N) is 1. The average molecular weight is 187 g/mol. The molecule has 0 aromatic rings. The summed E-state index contributed by atoms with van der Waals surface area (Å²) in [6.07, 6.45) is 2.08. The van der Waals surface area contributed by atoms with Gasteiger partial charge in [-0.05, 0) is 18.8 Å². The van der Waals surface area contributed by atoms with Gasteiger partial charge in [0.1, 0.15) is 6.04 Å². The zero-order valence-corrected chi connectivity index (χ0v) is 7.45. The molecule has 1 aliphatic rings. The van der Waals surface area contributed by atoms with Crippen molar-refractivity contribution in [1.29, 1.82) is 0 Å². The third-order valence-corrected chi connectivity index (χ3v) is 2.35. The van der Waals surface area contributed by atoms with Crippen LogP contribution in [-0.4, -0.2) is 30.3 Å². The monoisotopic (exact) mass is 187 g/mol. The van der Waals surface area contributed by atoms with E-state index in [1.54, 1.807) is 0 Å². The van der Waals surface area contributed by atoms with Crippen LogP contribution in [0.2, 0.25) is 0 Å². The summed E-state index contributed by atoms with van der Waals surface area (Å²) in [6, 6.07) is -0.791. The lowest BCUT2D eigenvalue weighted by Crippen LogP contribution is -2.48. The fourth-order valence-corrected chi connectivity index (χ4v) is 1.34. The molecular formula is C8H13NO4. The highest BCUT2D eigenvalue weighted by Gasteiger charge is 2.33. The molecule has 0 aromatic carbocycles. The normalized spacial score (nSPS) is 18.5. The maximum Gasteiger partial charge on any atom is 0.407 e. The van der Waals surface area contributed by atoms with E-state index in [1.807, 2.05) is 0 Å². The van der Waals surface area contributed by atoms with Crippen molar-refractivity contribution in [2.75, 3.05) is 7.11 Å². The second-order valence-electron chi connectivity index (χ2n) is 3.14. The Morgan fingerprint density at radius 3 is 2.46 bits per heavy atom. The van der Waals surface area contributed by atoms with E-state index in [0.29, 0.717) is 0 Å². The SMILES string of the molecule is COC(=O)N[C@H](C(=O)O)C1CCC1. The molecule has 0 unspecified atom stereocenters. The minimum Gasteiger partial charge on any atom is -0.480 e. The molecule has 0 bridgehead atoms. The zero-order chi connectivity index (χ0) is 9.84. The molecule has 1 aliphatic carbocycles. The summed E-state index contributed by atoms with van der Waals surface area (Å²) in [4.78, 5) is 21.5. The van der Waals surface area contributed by atoms with Gasteiger partial charge in [0.25, 0.3) is 0 Å². The molecule has 0 aromatic heterocycles. The Kier molecular flexibility index (Phi) is 3.11. The van der Waals surface area contributed by atoms with Gasteiger partial charge in [-0.3, -0.25) is 0 Å². The second-order valence-corrected chi connectivity index (χ2v) is 3.14. The molecule has 5 nitrogen and oxygen atoms in total. The first-order chi connectivity index (χ1) is 6.15. The summed E-state index contributed by atoms with van der Waals surface area (Å²) in [6.45, 7) is 0.